The molecule has 150 valence electrons. The van der Waals surface area contributed by atoms with Crippen LogP contribution >= 0.6 is 0 Å². The first-order chi connectivity index (χ1) is 13.8. The normalized spacial score (nSPS) is 12.9. The second kappa shape index (κ2) is 8.18. The van der Waals surface area contributed by atoms with Gasteiger partial charge in [0.05, 0.1) is 0 Å². The van der Waals surface area contributed by atoms with Gasteiger partial charge in [-0.05, 0) is 37.6 Å². The van der Waals surface area contributed by atoms with E-state index in [9.17, 15) is 19.5 Å². The molecule has 2 aromatic carbocycles. The third-order valence-electron chi connectivity index (χ3n) is 4.84. The minimum atomic E-state index is -1.19. The van der Waals surface area contributed by atoms with Gasteiger partial charge in [0.25, 0.3) is 5.91 Å². The molecule has 1 heterocycles. The first-order valence-electron chi connectivity index (χ1n) is 9.23. The number of rotatable bonds is 6. The number of fused-ring (bicyclic) bond motifs is 1. The molecule has 3 N–H and O–H groups in total. The molecule has 3 aromatic rings. The lowest BCUT2D eigenvalue weighted by molar-refractivity contribution is -0.142. The van der Waals surface area contributed by atoms with Gasteiger partial charge < -0.3 is 20.3 Å². The van der Waals surface area contributed by atoms with E-state index in [1.165, 1.54) is 6.92 Å². The van der Waals surface area contributed by atoms with E-state index in [4.69, 9.17) is 0 Å². The van der Waals surface area contributed by atoms with Crippen LogP contribution < -0.4 is 10.6 Å². The molecule has 1 aromatic heterocycles. The van der Waals surface area contributed by atoms with Gasteiger partial charge in [0, 0.05) is 18.0 Å². The summed E-state index contributed by atoms with van der Waals surface area (Å²) in [5.74, 6) is -2.16. The molecule has 2 unspecified atom stereocenters. The highest BCUT2D eigenvalue weighted by Crippen LogP contribution is 2.20. The molecule has 2 amide bonds. The van der Waals surface area contributed by atoms with Gasteiger partial charge in [-0.15, -0.1) is 0 Å². The molecule has 3 rings (SSSR count). The number of carbonyl (C=O) groups excluding carboxylic acids is 2. The molecule has 2 atom stereocenters. The van der Waals surface area contributed by atoms with Crippen LogP contribution in [0.1, 0.15) is 34.6 Å². The van der Waals surface area contributed by atoms with Gasteiger partial charge in [-0.1, -0.05) is 42.0 Å². The number of carboxylic acids is 1. The largest absolute Gasteiger partial charge is 0.479 e. The van der Waals surface area contributed by atoms with Gasteiger partial charge in [-0.25, -0.2) is 4.79 Å². The van der Waals surface area contributed by atoms with Crippen LogP contribution in [0.4, 0.5) is 0 Å². The van der Waals surface area contributed by atoms with E-state index in [-0.39, 0.29) is 0 Å². The minimum Gasteiger partial charge on any atom is -0.479 e. The fourth-order valence-corrected chi connectivity index (χ4v) is 3.22. The highest BCUT2D eigenvalue weighted by Gasteiger charge is 2.26. The summed E-state index contributed by atoms with van der Waals surface area (Å²) in [4.78, 5) is 36.8. The second-order valence-corrected chi connectivity index (χ2v) is 7.04. The van der Waals surface area contributed by atoms with Crippen molar-refractivity contribution in [3.63, 3.8) is 0 Å². The van der Waals surface area contributed by atoms with Gasteiger partial charge in [0.15, 0.2) is 6.04 Å². The zero-order valence-electron chi connectivity index (χ0n) is 16.5. The number of carbonyl (C=O) groups is 3. The Hall–Kier alpha value is -3.61. The summed E-state index contributed by atoms with van der Waals surface area (Å²) < 4.78 is 1.76. The van der Waals surface area contributed by atoms with Gasteiger partial charge >= 0.3 is 5.97 Å². The van der Waals surface area contributed by atoms with Crippen molar-refractivity contribution in [3.05, 3.63) is 71.4 Å². The maximum absolute atomic E-state index is 12.7. The van der Waals surface area contributed by atoms with Crippen LogP contribution in [0, 0.1) is 6.92 Å². The van der Waals surface area contributed by atoms with E-state index >= 15 is 0 Å². The number of aromatic nitrogens is 1. The summed E-state index contributed by atoms with van der Waals surface area (Å²) >= 11 is 0. The molecule has 0 aliphatic rings. The molecular formula is C22H23N3O4. The van der Waals surface area contributed by atoms with Crippen molar-refractivity contribution >= 4 is 28.7 Å². The average Bonchev–Trinajstić information content (AvgIpc) is 3.02. The van der Waals surface area contributed by atoms with Crippen molar-refractivity contribution in [1.82, 2.24) is 15.2 Å². The van der Waals surface area contributed by atoms with Gasteiger partial charge in [0.2, 0.25) is 5.91 Å². The van der Waals surface area contributed by atoms with Crippen LogP contribution in [0.5, 0.6) is 0 Å². The Morgan fingerprint density at radius 3 is 2.34 bits per heavy atom. The average molecular weight is 393 g/mol. The summed E-state index contributed by atoms with van der Waals surface area (Å²) in [6.07, 6.45) is 0. The number of hydrogen-bond donors (Lipinski definition) is 3. The molecule has 0 saturated carbocycles. The molecule has 7 heteroatoms. The lowest BCUT2D eigenvalue weighted by Crippen LogP contribution is -2.47. The predicted molar refractivity (Wildman–Crippen MR) is 110 cm³/mol. The summed E-state index contributed by atoms with van der Waals surface area (Å²) in [5.41, 5.74) is 2.87. The van der Waals surface area contributed by atoms with Crippen LogP contribution in [-0.2, 0) is 16.6 Å². The van der Waals surface area contributed by atoms with Crippen LogP contribution in [0.15, 0.2) is 54.6 Å². The van der Waals surface area contributed by atoms with Crippen LogP contribution in [0.2, 0.25) is 0 Å². The highest BCUT2D eigenvalue weighted by atomic mass is 16.4. The topological polar surface area (TPSA) is 100 Å². The number of aliphatic carboxylic acids is 1. The number of amides is 2. The molecule has 0 aliphatic heterocycles. The zero-order chi connectivity index (χ0) is 21.1. The Labute approximate surface area is 168 Å². The molecule has 0 saturated heterocycles. The number of nitrogens with one attached hydrogen (secondary N) is 2. The first kappa shape index (κ1) is 20.1. The summed E-state index contributed by atoms with van der Waals surface area (Å²) in [7, 11) is 1.78. The van der Waals surface area contributed by atoms with Crippen molar-refractivity contribution < 1.29 is 19.5 Å². The lowest BCUT2D eigenvalue weighted by atomic mass is 10.1. The summed E-state index contributed by atoms with van der Waals surface area (Å²) in [6.45, 7) is 3.49. The number of aryl methyl sites for hydroxylation is 2. The van der Waals surface area contributed by atoms with Crippen LogP contribution in [-0.4, -0.2) is 33.5 Å². The molecule has 29 heavy (non-hydrogen) atoms. The van der Waals surface area contributed by atoms with Crippen molar-refractivity contribution in [3.8, 4) is 0 Å². The quantitative estimate of drug-likeness (QED) is 0.599. The monoisotopic (exact) mass is 393 g/mol. The van der Waals surface area contributed by atoms with Crippen molar-refractivity contribution in [2.75, 3.05) is 0 Å². The SMILES string of the molecule is Cc1ccc2c(c1)cc(C(=O)NC(C)C(=O)NC(C(=O)O)c1ccccc1)n2C. The number of carboxylic acid groups (broad SMARTS) is 1. The Kier molecular flexibility index (Phi) is 5.68. The highest BCUT2D eigenvalue weighted by molar-refractivity contribution is 6.01. The lowest BCUT2D eigenvalue weighted by Gasteiger charge is -2.19. The van der Waals surface area contributed by atoms with E-state index in [1.807, 2.05) is 25.1 Å². The standard InChI is InChI=1S/C22H23N3O4/c1-13-9-10-17-16(11-13)12-18(25(17)3)21(27)23-14(2)20(26)24-19(22(28)29)15-7-5-4-6-8-15/h4-12,14,19H,1-3H3,(H,23,27)(H,24,26)(H,28,29). The van der Waals surface area contributed by atoms with Gasteiger partial charge in [0.1, 0.15) is 11.7 Å². The second-order valence-electron chi connectivity index (χ2n) is 7.04. The van der Waals surface area contributed by atoms with Crippen molar-refractivity contribution in [2.45, 2.75) is 25.9 Å². The van der Waals surface area contributed by atoms with Crippen molar-refractivity contribution in [2.24, 2.45) is 7.05 Å². The number of benzene rings is 2. The molecular weight excluding hydrogens is 370 g/mol. The number of nitrogens with zero attached hydrogens (tertiary/aromatic N) is 1. The van der Waals surface area contributed by atoms with E-state index in [0.29, 0.717) is 11.3 Å². The third kappa shape index (κ3) is 4.29. The van der Waals surface area contributed by atoms with E-state index in [2.05, 4.69) is 10.6 Å². The van der Waals surface area contributed by atoms with Crippen LogP contribution in [0.25, 0.3) is 10.9 Å². The maximum Gasteiger partial charge on any atom is 0.330 e. The van der Waals surface area contributed by atoms with Gasteiger partial charge in [-0.2, -0.15) is 0 Å². The minimum absolute atomic E-state index is 0.407. The molecule has 0 bridgehead atoms. The Morgan fingerprint density at radius 1 is 1.00 bits per heavy atom. The Bertz CT molecular complexity index is 1070. The zero-order valence-corrected chi connectivity index (χ0v) is 16.5. The summed E-state index contributed by atoms with van der Waals surface area (Å²) in [6, 6.07) is 14.0. The Morgan fingerprint density at radius 2 is 1.69 bits per heavy atom. The fourth-order valence-electron chi connectivity index (χ4n) is 3.22. The Balaban J connectivity index is 1.73. The molecule has 0 aliphatic carbocycles. The number of hydrogen-bond acceptors (Lipinski definition) is 3. The smallest absolute Gasteiger partial charge is 0.330 e. The fraction of sp³-hybridized carbons (Fsp3) is 0.227. The predicted octanol–water partition coefficient (Wildman–Crippen LogP) is 2.55. The molecule has 0 spiro atoms. The maximum atomic E-state index is 12.7. The molecule has 0 radical (unpaired) electrons. The first-order valence-corrected chi connectivity index (χ1v) is 9.23. The molecule has 7 nitrogen and oxygen atoms in total. The van der Waals surface area contributed by atoms with E-state index in [1.54, 1.807) is 48.0 Å². The molecule has 0 fully saturated rings. The van der Waals surface area contributed by atoms with E-state index < -0.39 is 29.9 Å². The summed E-state index contributed by atoms with van der Waals surface area (Å²) in [5, 5.41) is 15.5. The van der Waals surface area contributed by atoms with Crippen LogP contribution in [0.3, 0.4) is 0 Å². The van der Waals surface area contributed by atoms with E-state index in [0.717, 1.165) is 16.5 Å². The van der Waals surface area contributed by atoms with Gasteiger partial charge in [-0.3, -0.25) is 9.59 Å². The van der Waals surface area contributed by atoms with Crippen molar-refractivity contribution in [1.29, 1.82) is 0 Å². The third-order valence-corrected chi connectivity index (χ3v) is 4.84.